The number of nitrogens with zero attached hydrogens (tertiary/aromatic N) is 2. The predicted octanol–water partition coefficient (Wildman–Crippen LogP) is 4.25. The van der Waals surface area contributed by atoms with Gasteiger partial charge in [-0.15, -0.1) is 0 Å². The number of carbonyl (C=O) groups is 1. The average molecular weight is 400 g/mol. The Morgan fingerprint density at radius 1 is 1.17 bits per heavy atom. The van der Waals surface area contributed by atoms with Crippen LogP contribution in [0, 0.1) is 18.7 Å². The number of rotatable bonds is 6. The van der Waals surface area contributed by atoms with E-state index in [0.29, 0.717) is 24.7 Å². The van der Waals surface area contributed by atoms with Crippen molar-refractivity contribution in [3.8, 4) is 5.75 Å². The van der Waals surface area contributed by atoms with E-state index in [-0.39, 0.29) is 17.6 Å². The van der Waals surface area contributed by atoms with Gasteiger partial charge in [0.05, 0.1) is 6.61 Å². The van der Waals surface area contributed by atoms with Crippen LogP contribution in [-0.4, -0.2) is 48.5 Å². The first-order valence-electron chi connectivity index (χ1n) is 10.6. The molecule has 0 bridgehead atoms. The summed E-state index contributed by atoms with van der Waals surface area (Å²) in [6.45, 7) is 6.96. The molecule has 3 heterocycles. The third kappa shape index (κ3) is 4.99. The Balaban J connectivity index is 1.34. The molecule has 0 spiro atoms. The second-order valence-corrected chi connectivity index (χ2v) is 8.20. The molecule has 2 saturated heterocycles. The van der Waals surface area contributed by atoms with Gasteiger partial charge in [0, 0.05) is 31.1 Å². The standard InChI is InChI=1S/C23H29FN2O3/c1-17-19(15-25-10-2-3-11-25)13-22(29-17)23(27)26-12-4-5-18(14-26)16-28-21-8-6-20(24)7-9-21/h6-9,13,18H,2-5,10-12,14-16H2,1H3/t18-/m1/s1. The summed E-state index contributed by atoms with van der Waals surface area (Å²) in [6, 6.07) is 7.98. The van der Waals surface area contributed by atoms with Gasteiger partial charge in [0.1, 0.15) is 17.3 Å². The van der Waals surface area contributed by atoms with Crippen LogP contribution in [-0.2, 0) is 6.54 Å². The van der Waals surface area contributed by atoms with Crippen LogP contribution < -0.4 is 4.74 Å². The van der Waals surface area contributed by atoms with Crippen LogP contribution in [0.2, 0.25) is 0 Å². The maximum absolute atomic E-state index is 13.0. The van der Waals surface area contributed by atoms with E-state index in [1.165, 1.54) is 25.0 Å². The average Bonchev–Trinajstić information content (AvgIpc) is 3.37. The molecule has 1 amide bonds. The Bertz CT molecular complexity index is 827. The Labute approximate surface area is 171 Å². The van der Waals surface area contributed by atoms with Crippen molar-refractivity contribution < 1.29 is 18.3 Å². The summed E-state index contributed by atoms with van der Waals surface area (Å²) >= 11 is 0. The number of halogens is 1. The molecule has 1 aromatic heterocycles. The van der Waals surface area contributed by atoms with Crippen LogP contribution in [0.5, 0.6) is 5.75 Å². The Morgan fingerprint density at radius 3 is 2.69 bits per heavy atom. The van der Waals surface area contributed by atoms with Gasteiger partial charge in [-0.25, -0.2) is 4.39 Å². The van der Waals surface area contributed by atoms with Crippen molar-refractivity contribution in [1.82, 2.24) is 9.80 Å². The highest BCUT2D eigenvalue weighted by atomic mass is 19.1. The maximum Gasteiger partial charge on any atom is 0.289 e. The van der Waals surface area contributed by atoms with E-state index in [0.717, 1.165) is 50.3 Å². The summed E-state index contributed by atoms with van der Waals surface area (Å²) in [5.74, 6) is 1.89. The number of likely N-dealkylation sites (tertiary alicyclic amines) is 2. The quantitative estimate of drug-likeness (QED) is 0.727. The van der Waals surface area contributed by atoms with Crippen molar-refractivity contribution in [3.05, 3.63) is 53.2 Å². The number of hydrogen-bond acceptors (Lipinski definition) is 4. The smallest absolute Gasteiger partial charge is 0.289 e. The van der Waals surface area contributed by atoms with Gasteiger partial charge in [0.15, 0.2) is 5.76 Å². The second-order valence-electron chi connectivity index (χ2n) is 8.20. The molecule has 2 aromatic rings. The lowest BCUT2D eigenvalue weighted by Crippen LogP contribution is -2.41. The van der Waals surface area contributed by atoms with E-state index in [9.17, 15) is 9.18 Å². The molecule has 2 fully saturated rings. The molecule has 0 unspecified atom stereocenters. The van der Waals surface area contributed by atoms with Crippen LogP contribution in [0.4, 0.5) is 4.39 Å². The highest BCUT2D eigenvalue weighted by Crippen LogP contribution is 2.24. The lowest BCUT2D eigenvalue weighted by atomic mass is 9.98. The highest BCUT2D eigenvalue weighted by molar-refractivity contribution is 5.91. The minimum Gasteiger partial charge on any atom is -0.493 e. The molecule has 0 saturated carbocycles. The van der Waals surface area contributed by atoms with E-state index in [4.69, 9.17) is 9.15 Å². The maximum atomic E-state index is 13.0. The van der Waals surface area contributed by atoms with Crippen molar-refractivity contribution in [1.29, 1.82) is 0 Å². The van der Waals surface area contributed by atoms with E-state index < -0.39 is 0 Å². The lowest BCUT2D eigenvalue weighted by Gasteiger charge is -2.32. The van der Waals surface area contributed by atoms with Crippen LogP contribution in [0.1, 0.15) is 47.6 Å². The number of aryl methyl sites for hydroxylation is 1. The summed E-state index contributed by atoms with van der Waals surface area (Å²) in [6.07, 6.45) is 4.46. The van der Waals surface area contributed by atoms with E-state index in [2.05, 4.69) is 4.90 Å². The van der Waals surface area contributed by atoms with Gasteiger partial charge in [0.2, 0.25) is 0 Å². The first-order valence-corrected chi connectivity index (χ1v) is 10.6. The third-order valence-corrected chi connectivity index (χ3v) is 5.93. The zero-order chi connectivity index (χ0) is 20.2. The Hall–Kier alpha value is -2.34. The molecule has 1 aromatic carbocycles. The number of amides is 1. The second kappa shape index (κ2) is 8.99. The van der Waals surface area contributed by atoms with Crippen LogP contribution in [0.15, 0.2) is 34.7 Å². The van der Waals surface area contributed by atoms with Crippen molar-refractivity contribution in [2.24, 2.45) is 5.92 Å². The summed E-state index contributed by atoms with van der Waals surface area (Å²) in [5, 5.41) is 0. The molecule has 29 heavy (non-hydrogen) atoms. The molecule has 2 aliphatic rings. The molecule has 0 aliphatic carbocycles. The molecular weight excluding hydrogens is 371 g/mol. The van der Waals surface area contributed by atoms with Crippen LogP contribution in [0.3, 0.4) is 0 Å². The fourth-order valence-corrected chi connectivity index (χ4v) is 4.25. The molecule has 6 heteroatoms. The summed E-state index contributed by atoms with van der Waals surface area (Å²) in [5.41, 5.74) is 1.11. The van der Waals surface area contributed by atoms with Crippen molar-refractivity contribution in [2.45, 2.75) is 39.2 Å². The molecule has 1 atom stereocenters. The highest BCUT2D eigenvalue weighted by Gasteiger charge is 2.28. The number of carbonyl (C=O) groups excluding carboxylic acids is 1. The zero-order valence-electron chi connectivity index (χ0n) is 17.0. The number of piperidine rings is 1. The largest absolute Gasteiger partial charge is 0.493 e. The van der Waals surface area contributed by atoms with Gasteiger partial charge in [-0.3, -0.25) is 9.69 Å². The fourth-order valence-electron chi connectivity index (χ4n) is 4.25. The number of hydrogen-bond donors (Lipinski definition) is 0. The topological polar surface area (TPSA) is 45.9 Å². The van der Waals surface area contributed by atoms with Gasteiger partial charge >= 0.3 is 0 Å². The predicted molar refractivity (Wildman–Crippen MR) is 108 cm³/mol. The van der Waals surface area contributed by atoms with Gasteiger partial charge in [-0.05, 0) is 76.0 Å². The number of ether oxygens (including phenoxy) is 1. The van der Waals surface area contributed by atoms with Crippen LogP contribution >= 0.6 is 0 Å². The number of furan rings is 1. The fraction of sp³-hybridized carbons (Fsp3) is 0.522. The molecule has 0 radical (unpaired) electrons. The molecule has 2 aliphatic heterocycles. The van der Waals surface area contributed by atoms with Gasteiger partial charge in [-0.2, -0.15) is 0 Å². The molecule has 0 N–H and O–H groups in total. The van der Waals surface area contributed by atoms with Gasteiger partial charge in [-0.1, -0.05) is 0 Å². The SMILES string of the molecule is Cc1oc(C(=O)N2CCC[C@@H](COc3ccc(F)cc3)C2)cc1CN1CCCC1. The van der Waals surface area contributed by atoms with Crippen molar-refractivity contribution >= 4 is 5.91 Å². The zero-order valence-corrected chi connectivity index (χ0v) is 17.0. The van der Waals surface area contributed by atoms with E-state index >= 15 is 0 Å². The molecule has 156 valence electrons. The normalized spacial score (nSPS) is 20.2. The van der Waals surface area contributed by atoms with E-state index in [1.54, 1.807) is 12.1 Å². The minimum atomic E-state index is -0.273. The number of benzene rings is 1. The lowest BCUT2D eigenvalue weighted by molar-refractivity contribution is 0.0601. The van der Waals surface area contributed by atoms with Gasteiger partial charge in [0.25, 0.3) is 5.91 Å². The van der Waals surface area contributed by atoms with E-state index in [1.807, 2.05) is 17.9 Å². The molecular formula is C23H29FN2O3. The summed E-state index contributed by atoms with van der Waals surface area (Å²) in [4.78, 5) is 17.3. The Morgan fingerprint density at radius 2 is 1.93 bits per heavy atom. The summed E-state index contributed by atoms with van der Waals surface area (Å²) in [7, 11) is 0. The monoisotopic (exact) mass is 400 g/mol. The third-order valence-electron chi connectivity index (χ3n) is 5.93. The Kier molecular flexibility index (Phi) is 6.19. The van der Waals surface area contributed by atoms with Crippen molar-refractivity contribution in [2.75, 3.05) is 32.8 Å². The molecule has 4 rings (SSSR count). The first kappa shape index (κ1) is 20.0. The van der Waals surface area contributed by atoms with Gasteiger partial charge < -0.3 is 14.1 Å². The minimum absolute atomic E-state index is 0.0349. The first-order chi connectivity index (χ1) is 14.1. The summed E-state index contributed by atoms with van der Waals surface area (Å²) < 4.78 is 24.6. The van der Waals surface area contributed by atoms with Crippen LogP contribution in [0.25, 0.3) is 0 Å². The molecule has 5 nitrogen and oxygen atoms in total. The van der Waals surface area contributed by atoms with Crippen molar-refractivity contribution in [3.63, 3.8) is 0 Å².